The van der Waals surface area contributed by atoms with Crippen molar-refractivity contribution in [1.29, 1.82) is 0 Å². The Bertz CT molecular complexity index is 660. The van der Waals surface area contributed by atoms with Crippen LogP contribution in [0.4, 0.5) is 0 Å². The fourth-order valence-corrected chi connectivity index (χ4v) is 4.86. The molecule has 4 nitrogen and oxygen atoms in total. The molecule has 1 aromatic rings. The lowest BCUT2D eigenvalue weighted by Gasteiger charge is -2.50. The summed E-state index contributed by atoms with van der Waals surface area (Å²) in [5, 5.41) is 0. The van der Waals surface area contributed by atoms with Crippen LogP contribution in [0.3, 0.4) is 0 Å². The molecule has 0 bridgehead atoms. The van der Waals surface area contributed by atoms with Gasteiger partial charge in [-0.05, 0) is 37.2 Å². The van der Waals surface area contributed by atoms with Crippen molar-refractivity contribution in [3.63, 3.8) is 0 Å². The largest absolute Gasteiger partial charge is 0.460 e. The molecule has 0 radical (unpaired) electrons. The van der Waals surface area contributed by atoms with Crippen molar-refractivity contribution in [2.75, 3.05) is 6.61 Å². The highest BCUT2D eigenvalue weighted by Gasteiger charge is 2.79. The highest BCUT2D eigenvalue weighted by atomic mass is 16.6. The number of fused-ring (bicyclic) bond motifs is 1. The number of Topliss-reactive ketones (excluding diaryl/α,β-unsaturated/α-hetero) is 1. The number of furan rings is 1. The topological polar surface area (TPSA) is 52.0 Å². The molecule has 23 heavy (non-hydrogen) atoms. The molecule has 0 aromatic carbocycles. The van der Waals surface area contributed by atoms with Gasteiger partial charge < -0.3 is 13.9 Å². The number of carbonyl (C=O) groups is 1. The molecule has 4 rings (SSSR count). The first-order valence-electron chi connectivity index (χ1n) is 8.76. The summed E-state index contributed by atoms with van der Waals surface area (Å²) < 4.78 is 18.1. The van der Waals surface area contributed by atoms with Crippen LogP contribution in [0.1, 0.15) is 68.3 Å². The molecule has 1 saturated carbocycles. The van der Waals surface area contributed by atoms with Crippen molar-refractivity contribution in [3.8, 4) is 0 Å². The average Bonchev–Trinajstić information content (AvgIpc) is 3.14. The molecule has 2 aliphatic carbocycles. The molecule has 0 amide bonds. The minimum Gasteiger partial charge on any atom is -0.460 e. The first kappa shape index (κ1) is 15.4. The third-order valence-electron chi connectivity index (χ3n) is 6.38. The number of hydrogen-bond donors (Lipinski definition) is 0. The first-order valence-corrected chi connectivity index (χ1v) is 8.76. The minimum atomic E-state index is -0.733. The van der Waals surface area contributed by atoms with Crippen LogP contribution in [-0.2, 0) is 9.47 Å². The van der Waals surface area contributed by atoms with Gasteiger partial charge in [0, 0.05) is 17.6 Å². The zero-order chi connectivity index (χ0) is 16.6. The van der Waals surface area contributed by atoms with Crippen molar-refractivity contribution in [3.05, 3.63) is 23.2 Å². The standard InChI is InChI=1S/C19H26O4/c1-10(2)8-22-17-14-11(3)9-21-15(14)16(20)19-13(23-19)7-6-12(4)18(17,19)5/h9-10,12-13,17H,6-8H2,1-5H3/t12-,13+,17+,18-,19-/m0/s1. The van der Waals surface area contributed by atoms with E-state index in [9.17, 15) is 4.79 Å². The SMILES string of the molecule is Cc1coc2c1[C@@H](OCC(C)C)[C@]1(C)[C@@H](C)CC[C@H]3O[C@]31C2=O. The molecule has 0 N–H and O–H groups in total. The third-order valence-corrected chi connectivity index (χ3v) is 6.38. The van der Waals surface area contributed by atoms with E-state index in [2.05, 4.69) is 27.7 Å². The maximum Gasteiger partial charge on any atom is 0.233 e. The van der Waals surface area contributed by atoms with Gasteiger partial charge in [0.05, 0.1) is 18.5 Å². The maximum atomic E-state index is 13.2. The highest BCUT2D eigenvalue weighted by Crippen LogP contribution is 2.69. The van der Waals surface area contributed by atoms with E-state index in [1.807, 2.05) is 6.92 Å². The number of ketones is 1. The Labute approximate surface area is 137 Å². The Balaban J connectivity index is 1.88. The summed E-state index contributed by atoms with van der Waals surface area (Å²) in [5.41, 5.74) is 0.896. The number of rotatable bonds is 3. The monoisotopic (exact) mass is 318 g/mol. The van der Waals surface area contributed by atoms with Gasteiger partial charge in [-0.3, -0.25) is 4.79 Å². The second-order valence-electron chi connectivity index (χ2n) is 8.20. The molecule has 1 spiro atoms. The molecule has 1 aromatic heterocycles. The van der Waals surface area contributed by atoms with Crippen molar-refractivity contribution in [2.24, 2.45) is 17.3 Å². The molecule has 3 aliphatic rings. The van der Waals surface area contributed by atoms with E-state index in [1.54, 1.807) is 6.26 Å². The van der Waals surface area contributed by atoms with Gasteiger partial charge in [-0.15, -0.1) is 0 Å². The van der Waals surface area contributed by atoms with Gasteiger partial charge in [-0.25, -0.2) is 0 Å². The average molecular weight is 318 g/mol. The number of epoxide rings is 1. The van der Waals surface area contributed by atoms with Crippen molar-refractivity contribution in [1.82, 2.24) is 0 Å². The van der Waals surface area contributed by atoms with Gasteiger partial charge in [0.15, 0.2) is 11.4 Å². The predicted octanol–water partition coefficient (Wildman–Crippen LogP) is 4.07. The summed E-state index contributed by atoms with van der Waals surface area (Å²) >= 11 is 0. The lowest BCUT2D eigenvalue weighted by Crippen LogP contribution is -2.57. The molecule has 1 saturated heterocycles. The van der Waals surface area contributed by atoms with Crippen LogP contribution in [0.2, 0.25) is 0 Å². The van der Waals surface area contributed by atoms with E-state index in [0.29, 0.717) is 24.2 Å². The van der Waals surface area contributed by atoms with Gasteiger partial charge in [-0.2, -0.15) is 0 Å². The van der Waals surface area contributed by atoms with Crippen molar-refractivity contribution in [2.45, 2.75) is 65.3 Å². The number of ether oxygens (including phenoxy) is 2. The number of hydrogen-bond acceptors (Lipinski definition) is 4. The van der Waals surface area contributed by atoms with Crippen LogP contribution in [0.15, 0.2) is 10.7 Å². The number of carbonyl (C=O) groups excluding carboxylic acids is 1. The third kappa shape index (κ3) is 1.71. The normalized spacial score (nSPS) is 41.5. The van der Waals surface area contributed by atoms with E-state index in [1.165, 1.54) is 0 Å². The Hall–Kier alpha value is -1.13. The summed E-state index contributed by atoms with van der Waals surface area (Å²) in [5.74, 6) is 1.30. The summed E-state index contributed by atoms with van der Waals surface area (Å²) in [7, 11) is 0. The van der Waals surface area contributed by atoms with Gasteiger partial charge >= 0.3 is 0 Å². The second kappa shape index (κ2) is 4.70. The lowest BCUT2D eigenvalue weighted by molar-refractivity contribution is -0.111. The van der Waals surface area contributed by atoms with Crippen LogP contribution in [0.25, 0.3) is 0 Å². The molecular formula is C19H26O4. The minimum absolute atomic E-state index is 0.0277. The zero-order valence-electron chi connectivity index (χ0n) is 14.6. The predicted molar refractivity (Wildman–Crippen MR) is 85.4 cm³/mol. The smallest absolute Gasteiger partial charge is 0.233 e. The van der Waals surface area contributed by atoms with Crippen LogP contribution >= 0.6 is 0 Å². The Morgan fingerprint density at radius 3 is 2.83 bits per heavy atom. The van der Waals surface area contributed by atoms with Crippen molar-refractivity contribution >= 4 is 5.78 Å². The molecule has 0 unspecified atom stereocenters. The molecule has 2 heterocycles. The summed E-state index contributed by atoms with van der Waals surface area (Å²) in [6.07, 6.45) is 3.60. The van der Waals surface area contributed by atoms with Gasteiger partial charge in [-0.1, -0.05) is 27.7 Å². The van der Waals surface area contributed by atoms with Crippen molar-refractivity contribution < 1.29 is 18.7 Å². The zero-order valence-corrected chi connectivity index (χ0v) is 14.6. The van der Waals surface area contributed by atoms with E-state index in [0.717, 1.165) is 24.0 Å². The van der Waals surface area contributed by atoms with E-state index >= 15 is 0 Å². The molecule has 2 fully saturated rings. The number of aryl methyl sites for hydroxylation is 1. The Morgan fingerprint density at radius 2 is 2.13 bits per heavy atom. The van der Waals surface area contributed by atoms with Crippen LogP contribution in [-0.4, -0.2) is 24.1 Å². The molecule has 126 valence electrons. The van der Waals surface area contributed by atoms with E-state index in [4.69, 9.17) is 13.9 Å². The molecule has 4 heteroatoms. The van der Waals surface area contributed by atoms with Gasteiger partial charge in [0.1, 0.15) is 0 Å². The van der Waals surface area contributed by atoms with Crippen LogP contribution in [0, 0.1) is 24.2 Å². The Morgan fingerprint density at radius 1 is 1.39 bits per heavy atom. The summed E-state index contributed by atoms with van der Waals surface area (Å²) in [6.45, 7) is 11.4. The fraction of sp³-hybridized carbons (Fsp3) is 0.737. The van der Waals surface area contributed by atoms with E-state index in [-0.39, 0.29) is 23.4 Å². The summed E-state index contributed by atoms with van der Waals surface area (Å²) in [6, 6.07) is 0. The quantitative estimate of drug-likeness (QED) is 0.788. The van der Waals surface area contributed by atoms with Gasteiger partial charge in [0.25, 0.3) is 0 Å². The molecule has 1 aliphatic heterocycles. The van der Waals surface area contributed by atoms with Gasteiger partial charge in [0.2, 0.25) is 5.78 Å². The second-order valence-corrected chi connectivity index (χ2v) is 8.20. The van der Waals surface area contributed by atoms with Crippen LogP contribution in [0.5, 0.6) is 0 Å². The Kier molecular flexibility index (Phi) is 3.15. The molecular weight excluding hydrogens is 292 g/mol. The van der Waals surface area contributed by atoms with Crippen LogP contribution < -0.4 is 0 Å². The highest BCUT2D eigenvalue weighted by molar-refractivity contribution is 6.06. The lowest BCUT2D eigenvalue weighted by atomic mass is 9.53. The summed E-state index contributed by atoms with van der Waals surface area (Å²) in [4.78, 5) is 13.2. The molecule has 5 atom stereocenters. The van der Waals surface area contributed by atoms with E-state index < -0.39 is 5.60 Å². The fourth-order valence-electron chi connectivity index (χ4n) is 4.86. The first-order chi connectivity index (χ1) is 10.8. The maximum absolute atomic E-state index is 13.2.